The standard InChI is InChI=1S/C29H36N4O6S/c1-5-39-25-12-10-24(11-13-25)33(40(35,36)26-14-15-27(37-3)28(20-26)38-4)21-29(34)30-22-6-8-23(9-7-22)32-18-16-31(2)17-19-32/h6-15,20H,5,16-19,21H2,1-4H3,(H,30,34). The van der Waals surface area contributed by atoms with Crippen LogP contribution in [0.3, 0.4) is 0 Å². The maximum atomic E-state index is 13.9. The first-order valence-electron chi connectivity index (χ1n) is 13.1. The van der Waals surface area contributed by atoms with Crippen LogP contribution in [-0.2, 0) is 14.8 Å². The summed E-state index contributed by atoms with van der Waals surface area (Å²) in [5, 5.41) is 2.83. The molecule has 0 aliphatic carbocycles. The van der Waals surface area contributed by atoms with E-state index in [0.29, 0.717) is 29.5 Å². The van der Waals surface area contributed by atoms with Gasteiger partial charge in [-0.1, -0.05) is 0 Å². The second kappa shape index (κ2) is 12.9. The molecule has 0 atom stereocenters. The number of benzene rings is 3. The lowest BCUT2D eigenvalue weighted by atomic mass is 10.2. The fourth-order valence-corrected chi connectivity index (χ4v) is 5.88. The molecule has 4 rings (SSSR count). The molecule has 11 heteroatoms. The van der Waals surface area contributed by atoms with Crippen LogP contribution < -0.4 is 28.7 Å². The van der Waals surface area contributed by atoms with E-state index in [4.69, 9.17) is 14.2 Å². The molecule has 0 bridgehead atoms. The Bertz CT molecular complexity index is 1390. The van der Waals surface area contributed by atoms with Crippen molar-refractivity contribution in [3.63, 3.8) is 0 Å². The first-order chi connectivity index (χ1) is 19.2. The van der Waals surface area contributed by atoms with Crippen LogP contribution in [0.4, 0.5) is 17.1 Å². The summed E-state index contributed by atoms with van der Waals surface area (Å²) in [5.74, 6) is 0.775. The minimum atomic E-state index is -4.16. The minimum Gasteiger partial charge on any atom is -0.494 e. The van der Waals surface area contributed by atoms with Gasteiger partial charge in [-0.3, -0.25) is 9.10 Å². The van der Waals surface area contributed by atoms with Crippen molar-refractivity contribution >= 4 is 33.0 Å². The Hall–Kier alpha value is -3.96. The summed E-state index contributed by atoms with van der Waals surface area (Å²) in [4.78, 5) is 17.7. The van der Waals surface area contributed by atoms with Gasteiger partial charge < -0.3 is 29.3 Å². The van der Waals surface area contributed by atoms with E-state index in [9.17, 15) is 13.2 Å². The first-order valence-corrected chi connectivity index (χ1v) is 14.5. The van der Waals surface area contributed by atoms with E-state index in [1.165, 1.54) is 32.4 Å². The number of piperazine rings is 1. The zero-order chi connectivity index (χ0) is 28.7. The predicted molar refractivity (Wildman–Crippen MR) is 156 cm³/mol. The van der Waals surface area contributed by atoms with Gasteiger partial charge in [-0.2, -0.15) is 0 Å². The summed E-state index contributed by atoms with van der Waals surface area (Å²) in [6, 6.07) is 18.5. The third kappa shape index (κ3) is 6.78. The number of carbonyl (C=O) groups excluding carboxylic acids is 1. The molecule has 40 heavy (non-hydrogen) atoms. The molecule has 0 saturated carbocycles. The highest BCUT2D eigenvalue weighted by molar-refractivity contribution is 7.92. The minimum absolute atomic E-state index is 0.0386. The van der Waals surface area contributed by atoms with Gasteiger partial charge in [0.2, 0.25) is 5.91 Å². The number of likely N-dealkylation sites (N-methyl/N-ethyl adjacent to an activating group) is 1. The highest BCUT2D eigenvalue weighted by Crippen LogP contribution is 2.33. The maximum Gasteiger partial charge on any atom is 0.264 e. The summed E-state index contributed by atoms with van der Waals surface area (Å²) in [5.41, 5.74) is 1.98. The molecule has 10 nitrogen and oxygen atoms in total. The van der Waals surface area contributed by atoms with Gasteiger partial charge in [0.05, 0.1) is 31.4 Å². The summed E-state index contributed by atoms with van der Waals surface area (Å²) >= 11 is 0. The van der Waals surface area contributed by atoms with E-state index < -0.39 is 22.5 Å². The molecular weight excluding hydrogens is 532 g/mol. The van der Waals surface area contributed by atoms with Crippen molar-refractivity contribution in [3.8, 4) is 17.2 Å². The number of nitrogens with one attached hydrogen (secondary N) is 1. The molecule has 1 aliphatic heterocycles. The molecule has 1 saturated heterocycles. The fourth-order valence-electron chi connectivity index (χ4n) is 4.45. The van der Waals surface area contributed by atoms with Crippen LogP contribution in [0.15, 0.2) is 71.6 Å². The molecule has 1 N–H and O–H groups in total. The van der Waals surface area contributed by atoms with Gasteiger partial charge in [0.1, 0.15) is 12.3 Å². The molecule has 214 valence electrons. The number of ether oxygens (including phenoxy) is 3. The lowest BCUT2D eigenvalue weighted by Crippen LogP contribution is -2.44. The van der Waals surface area contributed by atoms with Gasteiger partial charge in [0.15, 0.2) is 11.5 Å². The van der Waals surface area contributed by atoms with Crippen molar-refractivity contribution < 1.29 is 27.4 Å². The molecule has 0 radical (unpaired) electrons. The number of carbonyl (C=O) groups is 1. The van der Waals surface area contributed by atoms with Gasteiger partial charge in [-0.15, -0.1) is 0 Å². The van der Waals surface area contributed by atoms with Gasteiger partial charge in [-0.05, 0) is 74.6 Å². The van der Waals surface area contributed by atoms with Gasteiger partial charge in [-0.25, -0.2) is 8.42 Å². The Morgan fingerprint density at radius 3 is 2.15 bits per heavy atom. The first kappa shape index (κ1) is 29.0. The number of methoxy groups -OCH3 is 2. The normalized spacial score (nSPS) is 13.9. The molecule has 0 aromatic heterocycles. The largest absolute Gasteiger partial charge is 0.494 e. The van der Waals surface area contributed by atoms with Crippen molar-refractivity contribution in [2.75, 3.05) is 75.1 Å². The number of amides is 1. The van der Waals surface area contributed by atoms with E-state index in [0.717, 1.165) is 36.2 Å². The Kier molecular flexibility index (Phi) is 9.38. The van der Waals surface area contributed by atoms with E-state index in [1.807, 2.05) is 31.2 Å². The van der Waals surface area contributed by atoms with E-state index in [2.05, 4.69) is 22.2 Å². The number of nitrogens with zero attached hydrogens (tertiary/aromatic N) is 3. The number of anilines is 3. The number of hydrogen-bond acceptors (Lipinski definition) is 8. The number of rotatable bonds is 11. The SMILES string of the molecule is CCOc1ccc(N(CC(=O)Nc2ccc(N3CCN(C)CC3)cc2)S(=O)(=O)c2ccc(OC)c(OC)c2)cc1. The van der Waals surface area contributed by atoms with Gasteiger partial charge >= 0.3 is 0 Å². The Morgan fingerprint density at radius 1 is 0.900 bits per heavy atom. The molecule has 0 spiro atoms. The summed E-state index contributed by atoms with van der Waals surface area (Å²) in [6.07, 6.45) is 0. The quantitative estimate of drug-likeness (QED) is 0.374. The zero-order valence-electron chi connectivity index (χ0n) is 23.3. The average molecular weight is 569 g/mol. The van der Waals surface area contributed by atoms with Crippen molar-refractivity contribution in [1.82, 2.24) is 4.90 Å². The lowest BCUT2D eigenvalue weighted by molar-refractivity contribution is -0.114. The van der Waals surface area contributed by atoms with Crippen LogP contribution >= 0.6 is 0 Å². The maximum absolute atomic E-state index is 13.9. The molecule has 0 unspecified atom stereocenters. The smallest absolute Gasteiger partial charge is 0.264 e. The van der Waals surface area contributed by atoms with Crippen molar-refractivity contribution in [2.45, 2.75) is 11.8 Å². The van der Waals surface area contributed by atoms with Gasteiger partial charge in [0, 0.05) is 43.6 Å². The van der Waals surface area contributed by atoms with Crippen LogP contribution in [0.1, 0.15) is 6.92 Å². The van der Waals surface area contributed by atoms with Crippen LogP contribution in [0.2, 0.25) is 0 Å². The average Bonchev–Trinajstić information content (AvgIpc) is 2.97. The summed E-state index contributed by atoms with van der Waals surface area (Å²) in [7, 11) is 0.849. The zero-order valence-corrected chi connectivity index (χ0v) is 24.1. The second-order valence-electron chi connectivity index (χ2n) is 9.34. The number of sulfonamides is 1. The van der Waals surface area contributed by atoms with Crippen LogP contribution in [0, 0.1) is 0 Å². The van der Waals surface area contributed by atoms with E-state index >= 15 is 0 Å². The molecular formula is C29H36N4O6S. The van der Waals surface area contributed by atoms with Crippen LogP contribution in [0.5, 0.6) is 17.2 Å². The molecule has 1 aliphatic rings. The number of hydrogen-bond donors (Lipinski definition) is 1. The fraction of sp³-hybridized carbons (Fsp3) is 0.345. The van der Waals surface area contributed by atoms with Crippen molar-refractivity contribution in [1.29, 1.82) is 0 Å². The van der Waals surface area contributed by atoms with E-state index in [-0.39, 0.29) is 10.6 Å². The molecule has 1 amide bonds. The van der Waals surface area contributed by atoms with E-state index in [1.54, 1.807) is 24.3 Å². The highest BCUT2D eigenvalue weighted by Gasteiger charge is 2.28. The molecule has 3 aromatic rings. The Labute approximate surface area is 236 Å². The lowest BCUT2D eigenvalue weighted by Gasteiger charge is -2.34. The van der Waals surface area contributed by atoms with Crippen molar-refractivity contribution in [3.05, 3.63) is 66.7 Å². The highest BCUT2D eigenvalue weighted by atomic mass is 32.2. The third-order valence-electron chi connectivity index (χ3n) is 6.69. The summed E-state index contributed by atoms with van der Waals surface area (Å²) in [6.45, 7) is 5.76. The third-order valence-corrected chi connectivity index (χ3v) is 8.46. The van der Waals surface area contributed by atoms with Crippen LogP contribution in [0.25, 0.3) is 0 Å². The molecule has 3 aromatic carbocycles. The topological polar surface area (TPSA) is 101 Å². The van der Waals surface area contributed by atoms with Gasteiger partial charge in [0.25, 0.3) is 10.0 Å². The Morgan fingerprint density at radius 2 is 1.55 bits per heavy atom. The van der Waals surface area contributed by atoms with Crippen molar-refractivity contribution in [2.24, 2.45) is 0 Å². The summed E-state index contributed by atoms with van der Waals surface area (Å²) < 4.78 is 44.8. The predicted octanol–water partition coefficient (Wildman–Crippen LogP) is 3.69. The molecule has 1 heterocycles. The Balaban J connectivity index is 1.57. The molecule has 1 fully saturated rings. The monoisotopic (exact) mass is 568 g/mol. The second-order valence-corrected chi connectivity index (χ2v) is 11.2. The van der Waals surface area contributed by atoms with Crippen LogP contribution in [-0.4, -0.2) is 79.8 Å².